The number of para-hydroxylation sites is 1. The van der Waals surface area contributed by atoms with Crippen LogP contribution in [0.15, 0.2) is 42.7 Å². The largest absolute Gasteiger partial charge is 0.379 e. The molecule has 1 saturated heterocycles. The minimum Gasteiger partial charge on any atom is -0.379 e. The number of morpholine rings is 1. The molecule has 2 aromatic rings. The highest BCUT2D eigenvalue weighted by molar-refractivity contribution is 5.93. The number of nitrogens with one attached hydrogen (secondary N) is 1. The van der Waals surface area contributed by atoms with Gasteiger partial charge in [0.2, 0.25) is 0 Å². The second-order valence-corrected chi connectivity index (χ2v) is 7.15. The van der Waals surface area contributed by atoms with Crippen LogP contribution in [-0.4, -0.2) is 59.5 Å². The minimum absolute atomic E-state index is 0.0748. The van der Waals surface area contributed by atoms with E-state index < -0.39 is 0 Å². The summed E-state index contributed by atoms with van der Waals surface area (Å²) in [5.74, 6) is 0.509. The van der Waals surface area contributed by atoms with Crippen LogP contribution in [0, 0.1) is 5.92 Å². The first-order chi connectivity index (χ1) is 12.6. The molecule has 0 unspecified atom stereocenters. The number of carbonyl (C=O) groups excluding carboxylic acids is 1. The molecule has 1 aromatic heterocycles. The second kappa shape index (κ2) is 8.96. The number of nitrogens with zero attached hydrogens (tertiary/aromatic N) is 3. The molecule has 3 rings (SSSR count). The fourth-order valence-corrected chi connectivity index (χ4v) is 3.32. The van der Waals surface area contributed by atoms with Gasteiger partial charge < -0.3 is 10.1 Å². The Kier molecular flexibility index (Phi) is 6.41. The third kappa shape index (κ3) is 4.93. The maximum absolute atomic E-state index is 12.6. The lowest BCUT2D eigenvalue weighted by Gasteiger charge is -2.35. The maximum Gasteiger partial charge on any atom is 0.254 e. The van der Waals surface area contributed by atoms with Crippen molar-refractivity contribution in [2.24, 2.45) is 5.92 Å². The van der Waals surface area contributed by atoms with Crippen LogP contribution < -0.4 is 5.32 Å². The zero-order valence-electron chi connectivity index (χ0n) is 15.6. The molecule has 1 N–H and O–H groups in total. The van der Waals surface area contributed by atoms with Gasteiger partial charge in [0.15, 0.2) is 0 Å². The fourth-order valence-electron chi connectivity index (χ4n) is 3.32. The van der Waals surface area contributed by atoms with Crippen molar-refractivity contribution in [1.82, 2.24) is 20.0 Å². The molecule has 6 nitrogen and oxygen atoms in total. The van der Waals surface area contributed by atoms with Gasteiger partial charge in [-0.1, -0.05) is 32.0 Å². The highest BCUT2D eigenvalue weighted by atomic mass is 16.5. The summed E-state index contributed by atoms with van der Waals surface area (Å²) in [4.78, 5) is 15.0. The number of rotatable bonds is 7. The highest BCUT2D eigenvalue weighted by Gasteiger charge is 2.22. The van der Waals surface area contributed by atoms with Crippen LogP contribution in [0.4, 0.5) is 0 Å². The monoisotopic (exact) mass is 356 g/mol. The zero-order valence-corrected chi connectivity index (χ0v) is 15.6. The first kappa shape index (κ1) is 18.6. The lowest BCUT2D eigenvalue weighted by molar-refractivity contribution is 0.0124. The topological polar surface area (TPSA) is 59.4 Å². The molecule has 1 fully saturated rings. The van der Waals surface area contributed by atoms with E-state index in [-0.39, 0.29) is 5.91 Å². The predicted octanol–water partition coefficient (Wildman–Crippen LogP) is 2.35. The number of benzene rings is 1. The molecule has 1 atom stereocenters. The molecule has 1 aromatic carbocycles. The van der Waals surface area contributed by atoms with Crippen molar-refractivity contribution >= 4 is 5.91 Å². The molecular weight excluding hydrogens is 328 g/mol. The van der Waals surface area contributed by atoms with Crippen LogP contribution in [0.1, 0.15) is 30.6 Å². The smallest absolute Gasteiger partial charge is 0.254 e. The quantitative estimate of drug-likeness (QED) is 0.827. The third-order valence-electron chi connectivity index (χ3n) is 4.67. The number of ether oxygens (including phenoxy) is 1. The van der Waals surface area contributed by atoms with Gasteiger partial charge in [0.25, 0.3) is 5.91 Å². The number of aromatic nitrogens is 2. The lowest BCUT2D eigenvalue weighted by Crippen LogP contribution is -2.49. The lowest BCUT2D eigenvalue weighted by atomic mass is 10.0. The van der Waals surface area contributed by atoms with Crippen molar-refractivity contribution in [3.63, 3.8) is 0 Å². The normalized spacial score (nSPS) is 16.6. The van der Waals surface area contributed by atoms with Gasteiger partial charge >= 0.3 is 0 Å². The molecule has 1 amide bonds. The summed E-state index contributed by atoms with van der Waals surface area (Å²) in [6.07, 6.45) is 4.45. The Bertz CT molecular complexity index is 693. The average molecular weight is 356 g/mol. The molecular formula is C20H28N4O2. The van der Waals surface area contributed by atoms with Crippen molar-refractivity contribution in [3.05, 3.63) is 48.3 Å². The standard InChI is InChI=1S/C20H28N4O2/c1-16(2)12-19(23-8-10-26-11-9-23)14-21-20(25)17-13-22-24(15-17)18-6-4-3-5-7-18/h3-7,13,15-16,19H,8-12,14H2,1-2H3,(H,21,25)/t19-/m1/s1. The van der Waals surface area contributed by atoms with Crippen molar-refractivity contribution in [1.29, 1.82) is 0 Å². The van der Waals surface area contributed by atoms with E-state index >= 15 is 0 Å². The highest BCUT2D eigenvalue weighted by Crippen LogP contribution is 2.13. The molecule has 1 aliphatic heterocycles. The molecule has 1 aliphatic rings. The number of carbonyl (C=O) groups is 1. The van der Waals surface area contributed by atoms with Crippen LogP contribution in [0.3, 0.4) is 0 Å². The Hall–Kier alpha value is -2.18. The maximum atomic E-state index is 12.6. The van der Waals surface area contributed by atoms with E-state index in [0.29, 0.717) is 24.1 Å². The van der Waals surface area contributed by atoms with Gasteiger partial charge in [0, 0.05) is 31.9 Å². The van der Waals surface area contributed by atoms with Crippen LogP contribution in [0.2, 0.25) is 0 Å². The van der Waals surface area contributed by atoms with Crippen molar-refractivity contribution < 1.29 is 9.53 Å². The Morgan fingerprint density at radius 3 is 2.65 bits per heavy atom. The zero-order chi connectivity index (χ0) is 18.4. The fraction of sp³-hybridized carbons (Fsp3) is 0.500. The minimum atomic E-state index is -0.0748. The summed E-state index contributed by atoms with van der Waals surface area (Å²) in [6.45, 7) is 8.49. The van der Waals surface area contributed by atoms with Gasteiger partial charge in [0.1, 0.15) is 0 Å². The number of hydrogen-bond acceptors (Lipinski definition) is 4. The van der Waals surface area contributed by atoms with Gasteiger partial charge in [-0.25, -0.2) is 4.68 Å². The molecule has 0 aliphatic carbocycles. The summed E-state index contributed by atoms with van der Waals surface area (Å²) in [5, 5.41) is 7.39. The van der Waals surface area contributed by atoms with E-state index in [2.05, 4.69) is 29.2 Å². The SMILES string of the molecule is CC(C)C[C@H](CNC(=O)c1cnn(-c2ccccc2)c1)N1CCOCC1. The molecule has 140 valence electrons. The first-order valence-electron chi connectivity index (χ1n) is 9.33. The molecule has 2 heterocycles. The summed E-state index contributed by atoms with van der Waals surface area (Å²) >= 11 is 0. The summed E-state index contributed by atoms with van der Waals surface area (Å²) in [6, 6.07) is 10.1. The van der Waals surface area contributed by atoms with Gasteiger partial charge in [-0.15, -0.1) is 0 Å². The molecule has 0 spiro atoms. The average Bonchev–Trinajstić information content (AvgIpc) is 3.16. The molecule has 26 heavy (non-hydrogen) atoms. The Labute approximate surface area is 155 Å². The third-order valence-corrected chi connectivity index (χ3v) is 4.67. The van der Waals surface area contributed by atoms with E-state index in [1.807, 2.05) is 30.3 Å². The van der Waals surface area contributed by atoms with Gasteiger partial charge in [-0.2, -0.15) is 5.10 Å². The van der Waals surface area contributed by atoms with E-state index in [0.717, 1.165) is 38.4 Å². The van der Waals surface area contributed by atoms with Crippen molar-refractivity contribution in [2.75, 3.05) is 32.8 Å². The molecule has 0 radical (unpaired) electrons. The van der Waals surface area contributed by atoms with Gasteiger partial charge in [-0.3, -0.25) is 9.69 Å². The van der Waals surface area contributed by atoms with Gasteiger partial charge in [-0.05, 0) is 24.5 Å². The molecule has 0 bridgehead atoms. The Balaban J connectivity index is 1.60. The van der Waals surface area contributed by atoms with Crippen molar-refractivity contribution in [3.8, 4) is 5.69 Å². The van der Waals surface area contributed by atoms with E-state index in [1.54, 1.807) is 17.1 Å². The van der Waals surface area contributed by atoms with Crippen LogP contribution in [0.5, 0.6) is 0 Å². The summed E-state index contributed by atoms with van der Waals surface area (Å²) < 4.78 is 7.18. The first-order valence-corrected chi connectivity index (χ1v) is 9.33. The van der Waals surface area contributed by atoms with E-state index in [9.17, 15) is 4.79 Å². The Morgan fingerprint density at radius 2 is 1.96 bits per heavy atom. The molecule has 0 saturated carbocycles. The summed E-state index contributed by atoms with van der Waals surface area (Å²) in [7, 11) is 0. The summed E-state index contributed by atoms with van der Waals surface area (Å²) in [5.41, 5.74) is 1.52. The van der Waals surface area contributed by atoms with Gasteiger partial charge in [0.05, 0.1) is 30.7 Å². The van der Waals surface area contributed by atoms with Crippen LogP contribution >= 0.6 is 0 Å². The van der Waals surface area contributed by atoms with E-state index in [4.69, 9.17) is 4.74 Å². The number of hydrogen-bond donors (Lipinski definition) is 1. The van der Waals surface area contributed by atoms with E-state index in [1.165, 1.54) is 0 Å². The second-order valence-electron chi connectivity index (χ2n) is 7.15. The number of amides is 1. The predicted molar refractivity (Wildman–Crippen MR) is 102 cm³/mol. The molecule has 6 heteroatoms. The van der Waals surface area contributed by atoms with Crippen LogP contribution in [-0.2, 0) is 4.74 Å². The van der Waals surface area contributed by atoms with Crippen molar-refractivity contribution in [2.45, 2.75) is 26.3 Å². The Morgan fingerprint density at radius 1 is 1.23 bits per heavy atom. The van der Waals surface area contributed by atoms with Crippen LogP contribution in [0.25, 0.3) is 5.69 Å².